The van der Waals surface area contributed by atoms with Crippen LogP contribution in [0.3, 0.4) is 0 Å². The molecule has 0 heterocycles. The van der Waals surface area contributed by atoms with Gasteiger partial charge in [-0.15, -0.1) is 0 Å². The van der Waals surface area contributed by atoms with Crippen LogP contribution in [-0.4, -0.2) is 30.2 Å². The molecule has 0 bridgehead atoms. The van der Waals surface area contributed by atoms with Crippen molar-refractivity contribution in [2.75, 3.05) is 11.9 Å². The van der Waals surface area contributed by atoms with Crippen molar-refractivity contribution in [3.05, 3.63) is 24.3 Å². The maximum absolute atomic E-state index is 10.8. The Morgan fingerprint density at radius 3 is 2.64 bits per heavy atom. The van der Waals surface area contributed by atoms with Crippen LogP contribution in [0.4, 0.5) is 10.5 Å². The van der Waals surface area contributed by atoms with Crippen LogP contribution < -0.4 is 16.1 Å². The van der Waals surface area contributed by atoms with Crippen molar-refractivity contribution >= 4 is 24.3 Å². The van der Waals surface area contributed by atoms with E-state index in [2.05, 4.69) is 0 Å². The van der Waals surface area contributed by atoms with E-state index in [1.165, 1.54) is 18.0 Å². The fourth-order valence-corrected chi connectivity index (χ4v) is 1.02. The van der Waals surface area contributed by atoms with E-state index in [1.807, 2.05) is 0 Å². The van der Waals surface area contributed by atoms with Gasteiger partial charge >= 0.3 is 13.1 Å². The van der Waals surface area contributed by atoms with Gasteiger partial charge < -0.3 is 15.8 Å². The highest BCUT2D eigenvalue weighted by molar-refractivity contribution is 6.58. The largest absolute Gasteiger partial charge is 0.488 e. The number of hydrogen-bond donors (Lipinski definition) is 3. The second-order valence-electron chi connectivity index (χ2n) is 2.87. The summed E-state index contributed by atoms with van der Waals surface area (Å²) in [7, 11) is -0.0400. The SMILES string of the molecule is CN(C(N)=O)c1cccc(B(O)O)c1. The van der Waals surface area contributed by atoms with Gasteiger partial charge in [-0.1, -0.05) is 12.1 Å². The molecule has 0 fully saturated rings. The zero-order valence-electron chi connectivity index (χ0n) is 7.71. The number of carbonyl (C=O) groups is 1. The molecule has 4 N–H and O–H groups in total. The molecule has 1 rings (SSSR count). The smallest absolute Gasteiger partial charge is 0.423 e. The molecule has 0 aliphatic heterocycles. The Labute approximate surface area is 81.9 Å². The number of urea groups is 1. The third-order valence-corrected chi connectivity index (χ3v) is 1.89. The molecule has 0 aliphatic carbocycles. The van der Waals surface area contributed by atoms with Crippen LogP contribution in [0.25, 0.3) is 0 Å². The van der Waals surface area contributed by atoms with Gasteiger partial charge in [-0.3, -0.25) is 4.90 Å². The molecule has 1 aromatic carbocycles. The Morgan fingerprint density at radius 1 is 1.50 bits per heavy atom. The summed E-state index contributed by atoms with van der Waals surface area (Å²) >= 11 is 0. The van der Waals surface area contributed by atoms with Gasteiger partial charge in [-0.25, -0.2) is 4.79 Å². The van der Waals surface area contributed by atoms with Gasteiger partial charge in [0.1, 0.15) is 0 Å². The van der Waals surface area contributed by atoms with Crippen LogP contribution in [0.1, 0.15) is 0 Å². The summed E-state index contributed by atoms with van der Waals surface area (Å²) in [4.78, 5) is 12.0. The molecule has 0 aromatic heterocycles. The van der Waals surface area contributed by atoms with E-state index >= 15 is 0 Å². The van der Waals surface area contributed by atoms with E-state index in [0.29, 0.717) is 11.2 Å². The van der Waals surface area contributed by atoms with E-state index in [4.69, 9.17) is 15.8 Å². The van der Waals surface area contributed by atoms with Crippen LogP contribution in [0, 0.1) is 0 Å². The number of primary amides is 1. The van der Waals surface area contributed by atoms with Gasteiger partial charge in [0.05, 0.1) is 0 Å². The summed E-state index contributed by atoms with van der Waals surface area (Å²) in [5.74, 6) is 0. The number of nitrogens with zero attached hydrogens (tertiary/aromatic N) is 1. The monoisotopic (exact) mass is 194 g/mol. The average Bonchev–Trinajstić information content (AvgIpc) is 2.16. The van der Waals surface area contributed by atoms with Crippen molar-refractivity contribution < 1.29 is 14.8 Å². The fourth-order valence-electron chi connectivity index (χ4n) is 1.02. The third kappa shape index (κ3) is 2.24. The first-order valence-electron chi connectivity index (χ1n) is 4.01. The van der Waals surface area contributed by atoms with Crippen molar-refractivity contribution in [3.8, 4) is 0 Å². The van der Waals surface area contributed by atoms with Crippen molar-refractivity contribution in [3.63, 3.8) is 0 Å². The lowest BCUT2D eigenvalue weighted by Gasteiger charge is -2.14. The second-order valence-corrected chi connectivity index (χ2v) is 2.87. The molecule has 5 nitrogen and oxygen atoms in total. The molecule has 0 atom stereocenters. The minimum atomic E-state index is -1.55. The summed E-state index contributed by atoms with van der Waals surface area (Å²) in [5.41, 5.74) is 5.89. The zero-order chi connectivity index (χ0) is 10.7. The average molecular weight is 194 g/mol. The highest BCUT2D eigenvalue weighted by Crippen LogP contribution is 2.09. The van der Waals surface area contributed by atoms with Gasteiger partial charge in [-0.05, 0) is 17.6 Å². The molecule has 2 amide bonds. The van der Waals surface area contributed by atoms with Crippen LogP contribution >= 0.6 is 0 Å². The molecule has 0 spiro atoms. The summed E-state index contributed by atoms with van der Waals surface area (Å²) < 4.78 is 0. The normalized spacial score (nSPS) is 9.64. The molecule has 0 saturated carbocycles. The summed E-state index contributed by atoms with van der Waals surface area (Å²) in [6.45, 7) is 0. The number of carbonyl (C=O) groups excluding carboxylic acids is 1. The Kier molecular flexibility index (Phi) is 3.11. The molecule has 0 aliphatic rings. The maximum Gasteiger partial charge on any atom is 0.488 e. The Balaban J connectivity index is 2.99. The number of benzene rings is 1. The molecular weight excluding hydrogens is 183 g/mol. The number of anilines is 1. The van der Waals surface area contributed by atoms with E-state index in [1.54, 1.807) is 18.2 Å². The van der Waals surface area contributed by atoms with Crippen LogP contribution in [-0.2, 0) is 0 Å². The molecule has 0 unspecified atom stereocenters. The Bertz CT molecular complexity index is 343. The lowest BCUT2D eigenvalue weighted by atomic mass is 9.80. The topological polar surface area (TPSA) is 86.8 Å². The molecular formula is C8H11BN2O3. The number of rotatable bonds is 2. The van der Waals surface area contributed by atoms with Crippen LogP contribution in [0.5, 0.6) is 0 Å². The number of amides is 2. The summed E-state index contributed by atoms with van der Waals surface area (Å²) in [5, 5.41) is 17.8. The standard InChI is InChI=1S/C8H11BN2O3/c1-11(8(10)12)7-4-2-3-6(5-7)9(13)14/h2-5,13-14H,1H3,(H2,10,12). The van der Waals surface area contributed by atoms with Gasteiger partial charge in [0.25, 0.3) is 0 Å². The molecule has 74 valence electrons. The molecule has 0 saturated heterocycles. The van der Waals surface area contributed by atoms with E-state index < -0.39 is 13.1 Å². The van der Waals surface area contributed by atoms with E-state index in [-0.39, 0.29) is 0 Å². The first-order chi connectivity index (χ1) is 6.52. The van der Waals surface area contributed by atoms with Crippen LogP contribution in [0.15, 0.2) is 24.3 Å². The van der Waals surface area contributed by atoms with Crippen molar-refractivity contribution in [2.45, 2.75) is 0 Å². The molecule has 1 aromatic rings. The van der Waals surface area contributed by atoms with Gasteiger partial charge in [0, 0.05) is 12.7 Å². The highest BCUT2D eigenvalue weighted by atomic mass is 16.4. The van der Waals surface area contributed by atoms with Gasteiger partial charge in [0.15, 0.2) is 0 Å². The second kappa shape index (κ2) is 4.12. The molecule has 6 heteroatoms. The van der Waals surface area contributed by atoms with Crippen LogP contribution in [0.2, 0.25) is 0 Å². The van der Waals surface area contributed by atoms with Gasteiger partial charge in [-0.2, -0.15) is 0 Å². The molecule has 0 radical (unpaired) electrons. The predicted octanol–water partition coefficient (Wildman–Crippen LogP) is -1.12. The van der Waals surface area contributed by atoms with E-state index in [9.17, 15) is 4.79 Å². The van der Waals surface area contributed by atoms with Crippen molar-refractivity contribution in [2.24, 2.45) is 5.73 Å². The maximum atomic E-state index is 10.8. The summed E-state index contributed by atoms with van der Waals surface area (Å²) in [6, 6.07) is 5.69. The third-order valence-electron chi connectivity index (χ3n) is 1.89. The van der Waals surface area contributed by atoms with Crippen molar-refractivity contribution in [1.82, 2.24) is 0 Å². The Hall–Kier alpha value is -1.53. The lowest BCUT2D eigenvalue weighted by Crippen LogP contribution is -2.34. The Morgan fingerprint density at radius 2 is 2.14 bits per heavy atom. The minimum Gasteiger partial charge on any atom is -0.423 e. The predicted molar refractivity (Wildman–Crippen MR) is 54.3 cm³/mol. The quantitative estimate of drug-likeness (QED) is 0.521. The van der Waals surface area contributed by atoms with E-state index in [0.717, 1.165) is 0 Å². The lowest BCUT2D eigenvalue weighted by molar-refractivity contribution is 0.255. The fraction of sp³-hybridized carbons (Fsp3) is 0.125. The minimum absolute atomic E-state index is 0.315. The molecule has 14 heavy (non-hydrogen) atoms. The first-order valence-corrected chi connectivity index (χ1v) is 4.01. The highest BCUT2D eigenvalue weighted by Gasteiger charge is 2.13. The summed E-state index contributed by atoms with van der Waals surface area (Å²) in [6.07, 6.45) is 0. The number of nitrogens with two attached hydrogens (primary N) is 1. The first kappa shape index (κ1) is 10.6. The zero-order valence-corrected chi connectivity index (χ0v) is 7.71. The van der Waals surface area contributed by atoms with Crippen molar-refractivity contribution in [1.29, 1.82) is 0 Å². The van der Waals surface area contributed by atoms with Gasteiger partial charge in [0.2, 0.25) is 0 Å². The number of hydrogen-bond acceptors (Lipinski definition) is 3.